The van der Waals surface area contributed by atoms with E-state index < -0.39 is 6.29 Å². The second-order valence-corrected chi connectivity index (χ2v) is 9.40. The van der Waals surface area contributed by atoms with Crippen LogP contribution in [0.2, 0.25) is 0 Å². The van der Waals surface area contributed by atoms with E-state index in [1.54, 1.807) is 0 Å². The standard InChI is InChI=1S/C20H31NO4S/c1-12-3-5-14(6-4-12)19(23)21(15-7-9-16(22)10-8-15)17-11-13(2)26-18(17)20(24)25/h11-12,14-16,20,22,24-25H,3-10H2,1-2H3. The average Bonchev–Trinajstić information content (AvgIpc) is 2.99. The first kappa shape index (κ1) is 19.8. The molecule has 1 heterocycles. The van der Waals surface area contributed by atoms with Crippen LogP contribution in [-0.4, -0.2) is 33.4 Å². The fourth-order valence-electron chi connectivity index (χ4n) is 4.41. The number of aliphatic hydroxyl groups excluding tert-OH is 2. The third-order valence-electron chi connectivity index (χ3n) is 5.99. The first-order chi connectivity index (χ1) is 12.4. The molecular weight excluding hydrogens is 350 g/mol. The maximum absolute atomic E-state index is 13.5. The van der Waals surface area contributed by atoms with Gasteiger partial charge in [-0.15, -0.1) is 11.3 Å². The molecule has 6 heteroatoms. The van der Waals surface area contributed by atoms with Gasteiger partial charge in [0.15, 0.2) is 6.29 Å². The van der Waals surface area contributed by atoms with E-state index in [2.05, 4.69) is 6.92 Å². The number of hydrogen-bond donors (Lipinski definition) is 3. The van der Waals surface area contributed by atoms with Gasteiger partial charge in [0.25, 0.3) is 0 Å². The van der Waals surface area contributed by atoms with Crippen molar-refractivity contribution in [1.82, 2.24) is 0 Å². The number of carbonyl (C=O) groups excluding carboxylic acids is 1. The molecule has 0 aromatic carbocycles. The first-order valence-corrected chi connectivity index (χ1v) is 10.7. The maximum Gasteiger partial charge on any atom is 0.230 e. The number of hydrogen-bond acceptors (Lipinski definition) is 5. The lowest BCUT2D eigenvalue weighted by atomic mass is 9.81. The zero-order chi connectivity index (χ0) is 18.8. The van der Waals surface area contributed by atoms with Crippen molar-refractivity contribution in [3.63, 3.8) is 0 Å². The van der Waals surface area contributed by atoms with Crippen LogP contribution in [0.5, 0.6) is 0 Å². The van der Waals surface area contributed by atoms with Crippen molar-refractivity contribution in [2.75, 3.05) is 4.90 Å². The predicted octanol–water partition coefficient (Wildman–Crippen LogP) is 3.50. The molecule has 3 N–H and O–H groups in total. The van der Waals surface area contributed by atoms with Crippen LogP contribution in [-0.2, 0) is 4.79 Å². The highest BCUT2D eigenvalue weighted by Gasteiger charge is 2.36. The Morgan fingerprint density at radius 3 is 2.31 bits per heavy atom. The van der Waals surface area contributed by atoms with Gasteiger partial charge in [-0.1, -0.05) is 6.92 Å². The Bertz CT molecular complexity index is 613. The molecular formula is C20H31NO4S. The lowest BCUT2D eigenvalue weighted by Crippen LogP contribution is -2.47. The summed E-state index contributed by atoms with van der Waals surface area (Å²) in [6, 6.07) is 1.94. The van der Waals surface area contributed by atoms with Crippen LogP contribution in [0.15, 0.2) is 6.07 Å². The van der Waals surface area contributed by atoms with E-state index in [1.165, 1.54) is 11.3 Å². The number of aliphatic hydroxyl groups is 3. The highest BCUT2D eigenvalue weighted by Crippen LogP contribution is 2.40. The largest absolute Gasteiger partial charge is 0.393 e. The molecule has 146 valence electrons. The fraction of sp³-hybridized carbons (Fsp3) is 0.750. The van der Waals surface area contributed by atoms with Crippen LogP contribution in [0.4, 0.5) is 5.69 Å². The summed E-state index contributed by atoms with van der Waals surface area (Å²) >= 11 is 1.34. The van der Waals surface area contributed by atoms with Crippen molar-refractivity contribution in [3.05, 3.63) is 15.8 Å². The summed E-state index contributed by atoms with van der Waals surface area (Å²) in [5.41, 5.74) is 0.660. The van der Waals surface area contributed by atoms with E-state index in [0.29, 0.717) is 29.3 Å². The Hall–Kier alpha value is -0.950. The van der Waals surface area contributed by atoms with Crippen LogP contribution in [0.3, 0.4) is 0 Å². The molecule has 0 saturated heterocycles. The van der Waals surface area contributed by atoms with Gasteiger partial charge in [-0.3, -0.25) is 4.79 Å². The van der Waals surface area contributed by atoms with E-state index in [1.807, 2.05) is 17.9 Å². The monoisotopic (exact) mass is 381 g/mol. The molecule has 1 aromatic rings. The zero-order valence-electron chi connectivity index (χ0n) is 15.7. The molecule has 0 bridgehead atoms. The molecule has 0 unspecified atom stereocenters. The van der Waals surface area contributed by atoms with Crippen LogP contribution in [0, 0.1) is 18.8 Å². The van der Waals surface area contributed by atoms with E-state index in [9.17, 15) is 20.1 Å². The van der Waals surface area contributed by atoms with Crippen LogP contribution >= 0.6 is 11.3 Å². The molecule has 0 radical (unpaired) electrons. The number of carbonyl (C=O) groups is 1. The number of amides is 1. The Balaban J connectivity index is 1.90. The third-order valence-corrected chi connectivity index (χ3v) is 7.07. The van der Waals surface area contributed by atoms with Gasteiger partial charge in [-0.2, -0.15) is 0 Å². The predicted molar refractivity (Wildman–Crippen MR) is 103 cm³/mol. The van der Waals surface area contributed by atoms with Gasteiger partial charge >= 0.3 is 0 Å². The van der Waals surface area contributed by atoms with E-state index in [4.69, 9.17) is 0 Å². The molecule has 2 saturated carbocycles. The summed E-state index contributed by atoms with van der Waals surface area (Å²) in [6.45, 7) is 4.17. The Kier molecular flexibility index (Phi) is 6.38. The molecule has 2 fully saturated rings. The van der Waals surface area contributed by atoms with Crippen molar-refractivity contribution < 1.29 is 20.1 Å². The lowest BCUT2D eigenvalue weighted by Gasteiger charge is -2.39. The molecule has 0 spiro atoms. The minimum absolute atomic E-state index is 0.0157. The summed E-state index contributed by atoms with van der Waals surface area (Å²) in [6.07, 6.45) is 5.00. The number of nitrogens with zero attached hydrogens (tertiary/aromatic N) is 1. The maximum atomic E-state index is 13.5. The van der Waals surface area contributed by atoms with E-state index in [0.717, 1.165) is 43.4 Å². The van der Waals surface area contributed by atoms with Crippen molar-refractivity contribution >= 4 is 22.9 Å². The van der Waals surface area contributed by atoms with Crippen LogP contribution in [0.25, 0.3) is 0 Å². The second kappa shape index (κ2) is 8.38. The molecule has 0 aliphatic heterocycles. The molecule has 3 rings (SSSR count). The molecule has 1 amide bonds. The van der Waals surface area contributed by atoms with Gasteiger partial charge in [0.05, 0.1) is 16.7 Å². The highest BCUT2D eigenvalue weighted by atomic mass is 32.1. The van der Waals surface area contributed by atoms with Crippen molar-refractivity contribution in [1.29, 1.82) is 0 Å². The number of rotatable bonds is 4. The second-order valence-electron chi connectivity index (χ2n) is 8.11. The third kappa shape index (κ3) is 4.30. The Morgan fingerprint density at radius 2 is 1.73 bits per heavy atom. The minimum Gasteiger partial charge on any atom is -0.393 e. The normalized spacial score (nSPS) is 29.8. The van der Waals surface area contributed by atoms with Crippen molar-refractivity contribution in [2.24, 2.45) is 11.8 Å². The summed E-state index contributed by atoms with van der Waals surface area (Å²) in [5.74, 6) is 0.815. The summed E-state index contributed by atoms with van der Waals surface area (Å²) in [4.78, 5) is 16.7. The number of anilines is 1. The van der Waals surface area contributed by atoms with Gasteiger partial charge in [0.2, 0.25) is 5.91 Å². The number of thiophene rings is 1. The van der Waals surface area contributed by atoms with Crippen molar-refractivity contribution in [2.45, 2.75) is 83.6 Å². The zero-order valence-corrected chi connectivity index (χ0v) is 16.5. The molecule has 5 nitrogen and oxygen atoms in total. The summed E-state index contributed by atoms with van der Waals surface area (Å²) < 4.78 is 0. The van der Waals surface area contributed by atoms with Gasteiger partial charge in [-0.05, 0) is 70.3 Å². The summed E-state index contributed by atoms with van der Waals surface area (Å²) in [5, 5.41) is 29.5. The molecule has 0 atom stereocenters. The van der Waals surface area contributed by atoms with Crippen LogP contribution < -0.4 is 4.90 Å². The Labute approximate surface area is 159 Å². The fourth-order valence-corrected chi connectivity index (χ4v) is 5.29. The minimum atomic E-state index is -1.57. The SMILES string of the molecule is Cc1cc(N(C(=O)C2CCC(C)CC2)C2CCC(O)CC2)c(C(O)O)s1. The molecule has 2 aliphatic rings. The van der Waals surface area contributed by atoms with Crippen LogP contribution in [0.1, 0.15) is 74.3 Å². The smallest absolute Gasteiger partial charge is 0.230 e. The average molecular weight is 382 g/mol. The molecule has 26 heavy (non-hydrogen) atoms. The Morgan fingerprint density at radius 1 is 1.12 bits per heavy atom. The van der Waals surface area contributed by atoms with Gasteiger partial charge in [0.1, 0.15) is 0 Å². The summed E-state index contributed by atoms with van der Waals surface area (Å²) in [7, 11) is 0. The van der Waals surface area contributed by atoms with Crippen molar-refractivity contribution in [3.8, 4) is 0 Å². The number of aryl methyl sites for hydroxylation is 1. The first-order valence-electron chi connectivity index (χ1n) is 9.84. The quantitative estimate of drug-likeness (QED) is 0.697. The van der Waals surface area contributed by atoms with Gasteiger partial charge < -0.3 is 20.2 Å². The topological polar surface area (TPSA) is 81.0 Å². The van der Waals surface area contributed by atoms with E-state index in [-0.39, 0.29) is 24.0 Å². The van der Waals surface area contributed by atoms with E-state index >= 15 is 0 Å². The highest BCUT2D eigenvalue weighted by molar-refractivity contribution is 7.12. The lowest BCUT2D eigenvalue weighted by molar-refractivity contribution is -0.124. The molecule has 1 aromatic heterocycles. The van der Waals surface area contributed by atoms with Gasteiger partial charge in [0, 0.05) is 16.8 Å². The molecule has 2 aliphatic carbocycles. The van der Waals surface area contributed by atoms with Gasteiger partial charge in [-0.25, -0.2) is 0 Å².